The van der Waals surface area contributed by atoms with Gasteiger partial charge in [0.05, 0.1) is 5.56 Å². The molecule has 1 unspecified atom stereocenters. The minimum absolute atomic E-state index is 0.132. The van der Waals surface area contributed by atoms with Gasteiger partial charge in [-0.3, -0.25) is 4.79 Å². The van der Waals surface area contributed by atoms with Gasteiger partial charge >= 0.3 is 6.18 Å². The lowest BCUT2D eigenvalue weighted by Gasteiger charge is -2.36. The number of halogens is 3. The number of carbonyl (C=O) groups excluding carboxylic acids is 1. The molecule has 1 heterocycles. The molecule has 0 saturated heterocycles. The minimum atomic E-state index is -4.36. The first kappa shape index (κ1) is 19.9. The average Bonchev–Trinajstić information content (AvgIpc) is 2.69. The molecule has 2 aromatic rings. The van der Waals surface area contributed by atoms with Gasteiger partial charge in [0.15, 0.2) is 0 Å². The molecule has 28 heavy (non-hydrogen) atoms. The van der Waals surface area contributed by atoms with E-state index in [1.54, 1.807) is 6.08 Å². The van der Waals surface area contributed by atoms with E-state index < -0.39 is 11.7 Å². The molecule has 0 spiro atoms. The first-order valence-electron chi connectivity index (χ1n) is 9.05. The minimum Gasteiger partial charge on any atom is -0.352 e. The van der Waals surface area contributed by atoms with Crippen molar-refractivity contribution in [2.24, 2.45) is 11.7 Å². The standard InChI is InChI=1S/C21H22F3N3O/c22-21(23,24)17-7-9-18(10-8-17)27-14-15(13-26-20(28)6-3-11-25)12-16-4-1-2-5-19(16)27/h1-10,15H,11-14,25H2,(H,26,28). The SMILES string of the molecule is NCC=CC(=O)NCC1Cc2ccccc2N(c2ccc(C(F)(F)F)cc2)C1. The number of nitrogens with two attached hydrogens (primary N) is 1. The van der Waals surface area contributed by atoms with Gasteiger partial charge < -0.3 is 16.0 Å². The van der Waals surface area contributed by atoms with E-state index in [9.17, 15) is 18.0 Å². The molecule has 7 heteroatoms. The molecule has 2 aromatic carbocycles. The molecule has 1 aliphatic heterocycles. The van der Waals surface area contributed by atoms with E-state index in [2.05, 4.69) is 5.32 Å². The number of nitrogens with one attached hydrogen (secondary N) is 1. The van der Waals surface area contributed by atoms with Crippen molar-refractivity contribution in [3.05, 3.63) is 71.8 Å². The maximum atomic E-state index is 12.9. The first-order chi connectivity index (χ1) is 13.4. The number of rotatable bonds is 5. The smallest absolute Gasteiger partial charge is 0.352 e. The molecule has 0 aliphatic carbocycles. The van der Waals surface area contributed by atoms with Crippen molar-refractivity contribution in [2.75, 3.05) is 24.5 Å². The van der Waals surface area contributed by atoms with E-state index in [0.717, 1.165) is 29.8 Å². The molecule has 3 rings (SSSR count). The Hall–Kier alpha value is -2.80. The Morgan fingerprint density at radius 1 is 1.18 bits per heavy atom. The van der Waals surface area contributed by atoms with Gasteiger partial charge in [0, 0.05) is 37.1 Å². The maximum absolute atomic E-state index is 12.9. The lowest BCUT2D eigenvalue weighted by molar-refractivity contribution is -0.137. The Kier molecular flexibility index (Phi) is 6.04. The van der Waals surface area contributed by atoms with Gasteiger partial charge in [-0.15, -0.1) is 0 Å². The number of carbonyl (C=O) groups is 1. The van der Waals surface area contributed by atoms with Crippen molar-refractivity contribution >= 4 is 17.3 Å². The Morgan fingerprint density at radius 2 is 1.89 bits per heavy atom. The Labute approximate surface area is 161 Å². The average molecular weight is 389 g/mol. The largest absolute Gasteiger partial charge is 0.416 e. The van der Waals surface area contributed by atoms with Gasteiger partial charge in [0.2, 0.25) is 5.91 Å². The molecule has 3 N–H and O–H groups in total. The summed E-state index contributed by atoms with van der Waals surface area (Å²) in [5.74, 6) is -0.0715. The van der Waals surface area contributed by atoms with Crippen molar-refractivity contribution in [1.29, 1.82) is 0 Å². The van der Waals surface area contributed by atoms with E-state index in [1.807, 2.05) is 29.2 Å². The third kappa shape index (κ3) is 4.72. The summed E-state index contributed by atoms with van der Waals surface area (Å²) in [4.78, 5) is 13.8. The Bertz CT molecular complexity index is 847. The fourth-order valence-corrected chi connectivity index (χ4v) is 3.37. The summed E-state index contributed by atoms with van der Waals surface area (Å²) in [7, 11) is 0. The van der Waals surface area contributed by atoms with E-state index in [1.165, 1.54) is 18.2 Å². The molecule has 1 atom stereocenters. The zero-order chi connectivity index (χ0) is 20.1. The van der Waals surface area contributed by atoms with Crippen LogP contribution in [0, 0.1) is 5.92 Å². The van der Waals surface area contributed by atoms with Gasteiger partial charge in [-0.1, -0.05) is 24.3 Å². The molecular weight excluding hydrogens is 367 g/mol. The van der Waals surface area contributed by atoms with Crippen LogP contribution >= 0.6 is 0 Å². The second-order valence-electron chi connectivity index (χ2n) is 6.74. The Morgan fingerprint density at radius 3 is 2.57 bits per heavy atom. The van der Waals surface area contributed by atoms with Crippen LogP contribution in [0.25, 0.3) is 0 Å². The summed E-state index contributed by atoms with van der Waals surface area (Å²) in [6.45, 7) is 1.37. The van der Waals surface area contributed by atoms with Gasteiger partial charge in [0.1, 0.15) is 0 Å². The molecule has 0 aromatic heterocycles. The van der Waals surface area contributed by atoms with Crippen LogP contribution in [0.5, 0.6) is 0 Å². The summed E-state index contributed by atoms with van der Waals surface area (Å²) >= 11 is 0. The topological polar surface area (TPSA) is 58.4 Å². The number of alkyl halides is 3. The molecule has 148 valence electrons. The molecule has 0 bridgehead atoms. The highest BCUT2D eigenvalue weighted by Gasteiger charge is 2.31. The summed E-state index contributed by atoms with van der Waals surface area (Å²) in [5, 5.41) is 2.86. The van der Waals surface area contributed by atoms with Crippen LogP contribution in [0.3, 0.4) is 0 Å². The zero-order valence-electron chi connectivity index (χ0n) is 15.2. The number of benzene rings is 2. The van der Waals surface area contributed by atoms with Gasteiger partial charge in [-0.25, -0.2) is 0 Å². The second-order valence-corrected chi connectivity index (χ2v) is 6.74. The Balaban J connectivity index is 1.80. The van der Waals surface area contributed by atoms with Crippen LogP contribution < -0.4 is 16.0 Å². The third-order valence-corrected chi connectivity index (χ3v) is 4.71. The van der Waals surface area contributed by atoms with Crippen molar-refractivity contribution in [1.82, 2.24) is 5.32 Å². The highest BCUT2D eigenvalue weighted by atomic mass is 19.4. The lowest BCUT2D eigenvalue weighted by atomic mass is 9.91. The highest BCUT2D eigenvalue weighted by molar-refractivity contribution is 5.87. The van der Waals surface area contributed by atoms with Gasteiger partial charge in [-0.2, -0.15) is 13.2 Å². The molecule has 0 saturated carbocycles. The van der Waals surface area contributed by atoms with Crippen LogP contribution in [0.1, 0.15) is 11.1 Å². The maximum Gasteiger partial charge on any atom is 0.416 e. The number of hydrogen-bond donors (Lipinski definition) is 2. The monoisotopic (exact) mass is 389 g/mol. The normalized spacial score (nSPS) is 16.9. The van der Waals surface area contributed by atoms with E-state index >= 15 is 0 Å². The first-order valence-corrected chi connectivity index (χ1v) is 9.05. The van der Waals surface area contributed by atoms with E-state index in [4.69, 9.17) is 5.73 Å². The van der Waals surface area contributed by atoms with Crippen molar-refractivity contribution in [2.45, 2.75) is 12.6 Å². The highest BCUT2D eigenvalue weighted by Crippen LogP contribution is 2.37. The third-order valence-electron chi connectivity index (χ3n) is 4.71. The van der Waals surface area contributed by atoms with Crippen LogP contribution in [-0.2, 0) is 17.4 Å². The molecule has 0 radical (unpaired) electrons. The number of nitrogens with zero attached hydrogens (tertiary/aromatic N) is 1. The summed E-state index contributed by atoms with van der Waals surface area (Å²) in [5.41, 5.74) is 7.45. The van der Waals surface area contributed by atoms with E-state index in [0.29, 0.717) is 25.3 Å². The van der Waals surface area contributed by atoms with Crippen LogP contribution in [0.4, 0.5) is 24.5 Å². The van der Waals surface area contributed by atoms with Crippen LogP contribution in [0.2, 0.25) is 0 Å². The number of para-hydroxylation sites is 1. The fourth-order valence-electron chi connectivity index (χ4n) is 3.37. The molecule has 0 fully saturated rings. The predicted molar refractivity (Wildman–Crippen MR) is 103 cm³/mol. The molecule has 1 amide bonds. The quantitative estimate of drug-likeness (QED) is 0.768. The van der Waals surface area contributed by atoms with E-state index in [-0.39, 0.29) is 11.8 Å². The van der Waals surface area contributed by atoms with Crippen molar-refractivity contribution < 1.29 is 18.0 Å². The summed E-state index contributed by atoms with van der Waals surface area (Å²) < 4.78 is 38.6. The molecule has 1 aliphatic rings. The predicted octanol–water partition coefficient (Wildman–Crippen LogP) is 3.65. The molecular formula is C21H22F3N3O. The summed E-state index contributed by atoms with van der Waals surface area (Å²) in [6.07, 6.45) is -0.583. The van der Waals surface area contributed by atoms with Crippen molar-refractivity contribution in [3.8, 4) is 0 Å². The van der Waals surface area contributed by atoms with Crippen molar-refractivity contribution in [3.63, 3.8) is 0 Å². The van der Waals surface area contributed by atoms with Crippen LogP contribution in [-0.4, -0.2) is 25.5 Å². The zero-order valence-corrected chi connectivity index (χ0v) is 15.2. The summed E-state index contributed by atoms with van der Waals surface area (Å²) in [6, 6.07) is 13.0. The van der Waals surface area contributed by atoms with Gasteiger partial charge in [0.25, 0.3) is 0 Å². The number of anilines is 2. The molecule has 4 nitrogen and oxygen atoms in total. The van der Waals surface area contributed by atoms with Gasteiger partial charge in [-0.05, 0) is 48.2 Å². The number of amides is 1. The lowest BCUT2D eigenvalue weighted by Crippen LogP contribution is -2.39. The van der Waals surface area contributed by atoms with Crippen LogP contribution in [0.15, 0.2) is 60.7 Å². The number of fused-ring (bicyclic) bond motifs is 1. The number of hydrogen-bond acceptors (Lipinski definition) is 3. The fraction of sp³-hybridized carbons (Fsp3) is 0.286. The second kappa shape index (κ2) is 8.48.